The summed E-state index contributed by atoms with van der Waals surface area (Å²) in [5, 5.41) is 9.42. The Morgan fingerprint density at radius 1 is 1.10 bits per heavy atom. The van der Waals surface area contributed by atoms with Crippen molar-refractivity contribution in [3.8, 4) is 0 Å². The average molecular weight is 282 g/mol. The van der Waals surface area contributed by atoms with Crippen LogP contribution in [0.2, 0.25) is 0 Å². The second kappa shape index (κ2) is 5.36. The minimum absolute atomic E-state index is 0.267. The molecule has 0 unspecified atom stereocenters. The van der Waals surface area contributed by atoms with Gasteiger partial charge >= 0.3 is 5.97 Å². The zero-order chi connectivity index (χ0) is 14.8. The van der Waals surface area contributed by atoms with Crippen molar-refractivity contribution in [2.24, 2.45) is 0 Å². The average Bonchev–Trinajstić information content (AvgIpc) is 2.53. The van der Waals surface area contributed by atoms with Crippen molar-refractivity contribution in [2.45, 2.75) is 19.0 Å². The largest absolute Gasteiger partial charge is 0.480 e. The third-order valence-electron chi connectivity index (χ3n) is 3.68. The number of benzene rings is 1. The van der Waals surface area contributed by atoms with Gasteiger partial charge in [0.2, 0.25) is 0 Å². The Morgan fingerprint density at radius 2 is 1.81 bits per heavy atom. The van der Waals surface area contributed by atoms with Gasteiger partial charge < -0.3 is 10.0 Å². The Kier molecular flexibility index (Phi) is 3.39. The summed E-state index contributed by atoms with van der Waals surface area (Å²) in [6.07, 6.45) is 1.85. The van der Waals surface area contributed by atoms with Crippen LogP contribution in [0.25, 0.3) is 0 Å². The van der Waals surface area contributed by atoms with Crippen molar-refractivity contribution in [3.63, 3.8) is 0 Å². The third-order valence-corrected chi connectivity index (χ3v) is 3.68. The number of carbonyl (C=O) groups is 2. The fourth-order valence-corrected chi connectivity index (χ4v) is 2.59. The van der Waals surface area contributed by atoms with Crippen molar-refractivity contribution in [2.75, 3.05) is 0 Å². The maximum atomic E-state index is 12.5. The lowest BCUT2D eigenvalue weighted by atomic mass is 9.93. The minimum atomic E-state index is -0.992. The number of hydrogen-bond donors (Lipinski definition) is 1. The van der Waals surface area contributed by atoms with Crippen molar-refractivity contribution < 1.29 is 14.7 Å². The lowest BCUT2D eigenvalue weighted by molar-refractivity contribution is -0.142. The van der Waals surface area contributed by atoms with Gasteiger partial charge in [-0.3, -0.25) is 9.78 Å². The van der Waals surface area contributed by atoms with E-state index < -0.39 is 12.0 Å². The van der Waals surface area contributed by atoms with E-state index in [2.05, 4.69) is 4.98 Å². The van der Waals surface area contributed by atoms with E-state index in [1.54, 1.807) is 18.2 Å². The van der Waals surface area contributed by atoms with Crippen LogP contribution in [0, 0.1) is 0 Å². The molecule has 0 radical (unpaired) electrons. The predicted octanol–water partition coefficient (Wildman–Crippen LogP) is 1.73. The van der Waals surface area contributed by atoms with Gasteiger partial charge in [-0.15, -0.1) is 0 Å². The molecule has 21 heavy (non-hydrogen) atoms. The Balaban J connectivity index is 1.96. The molecule has 0 saturated carbocycles. The van der Waals surface area contributed by atoms with Crippen molar-refractivity contribution in [3.05, 3.63) is 65.5 Å². The highest BCUT2D eigenvalue weighted by Gasteiger charge is 2.35. The quantitative estimate of drug-likeness (QED) is 0.910. The number of carboxylic acids is 1. The van der Waals surface area contributed by atoms with Crippen LogP contribution in [0.1, 0.15) is 21.6 Å². The molecular formula is C16H14N2O3. The summed E-state index contributed by atoms with van der Waals surface area (Å²) in [6.45, 7) is 0.294. The molecular weight excluding hydrogens is 268 g/mol. The summed E-state index contributed by atoms with van der Waals surface area (Å²) in [5.74, 6) is -1.34. The molecule has 3 rings (SSSR count). The van der Waals surface area contributed by atoms with Crippen molar-refractivity contribution >= 4 is 11.9 Å². The molecule has 5 nitrogen and oxygen atoms in total. The van der Waals surface area contributed by atoms with E-state index in [1.165, 1.54) is 11.1 Å². The molecule has 1 aliphatic rings. The number of pyridine rings is 1. The van der Waals surface area contributed by atoms with Gasteiger partial charge in [-0.1, -0.05) is 30.3 Å². The molecule has 5 heteroatoms. The smallest absolute Gasteiger partial charge is 0.326 e. The first-order valence-corrected chi connectivity index (χ1v) is 6.68. The highest BCUT2D eigenvalue weighted by molar-refractivity contribution is 5.95. The van der Waals surface area contributed by atoms with Crippen LogP contribution in [0.15, 0.2) is 48.7 Å². The molecule has 0 fully saturated rings. The van der Waals surface area contributed by atoms with Crippen molar-refractivity contribution in [1.29, 1.82) is 0 Å². The maximum absolute atomic E-state index is 12.5. The van der Waals surface area contributed by atoms with Gasteiger partial charge in [-0.2, -0.15) is 0 Å². The molecule has 0 bridgehead atoms. The Morgan fingerprint density at radius 3 is 2.48 bits per heavy atom. The first-order chi connectivity index (χ1) is 10.2. The number of aromatic nitrogens is 1. The van der Waals surface area contributed by atoms with Gasteiger partial charge in [0.25, 0.3) is 5.91 Å². The van der Waals surface area contributed by atoms with E-state index >= 15 is 0 Å². The first kappa shape index (κ1) is 13.3. The van der Waals surface area contributed by atoms with Gasteiger partial charge in [0.05, 0.1) is 0 Å². The predicted molar refractivity (Wildman–Crippen MR) is 75.7 cm³/mol. The minimum Gasteiger partial charge on any atom is -0.480 e. The molecule has 1 amide bonds. The van der Waals surface area contributed by atoms with Crippen LogP contribution < -0.4 is 0 Å². The standard InChI is InChI=1S/C16H14N2O3/c19-15(13-7-3-4-8-17-13)18-10-12-6-2-1-5-11(12)9-14(18)16(20)21/h1-8,14H,9-10H2,(H,20,21)/t14-/m0/s1. The zero-order valence-electron chi connectivity index (χ0n) is 11.3. The van der Waals surface area contributed by atoms with E-state index in [-0.39, 0.29) is 11.6 Å². The van der Waals surface area contributed by atoms with Crippen LogP contribution >= 0.6 is 0 Å². The first-order valence-electron chi connectivity index (χ1n) is 6.68. The number of fused-ring (bicyclic) bond motifs is 1. The molecule has 1 N–H and O–H groups in total. The topological polar surface area (TPSA) is 70.5 Å². The number of carboxylic acid groups (broad SMARTS) is 1. The van der Waals surface area contributed by atoms with E-state index in [9.17, 15) is 14.7 Å². The Bertz CT molecular complexity index is 685. The van der Waals surface area contributed by atoms with E-state index in [4.69, 9.17) is 0 Å². The SMILES string of the molecule is O=C(O)[C@@H]1Cc2ccccc2CN1C(=O)c1ccccn1. The maximum Gasteiger partial charge on any atom is 0.326 e. The van der Waals surface area contributed by atoms with Crippen LogP contribution in [0.5, 0.6) is 0 Å². The Labute approximate surface area is 121 Å². The summed E-state index contributed by atoms with van der Waals surface area (Å²) >= 11 is 0. The number of aliphatic carboxylic acids is 1. The van der Waals surface area contributed by atoms with Gasteiger partial charge in [-0.05, 0) is 23.3 Å². The molecule has 1 aromatic heterocycles. The summed E-state index contributed by atoms with van der Waals surface area (Å²) < 4.78 is 0. The van der Waals surface area contributed by atoms with Crippen LogP contribution in [-0.4, -0.2) is 32.9 Å². The number of rotatable bonds is 2. The normalized spacial score (nSPS) is 17.1. The molecule has 0 spiro atoms. The second-order valence-electron chi connectivity index (χ2n) is 4.97. The highest BCUT2D eigenvalue weighted by atomic mass is 16.4. The monoisotopic (exact) mass is 282 g/mol. The zero-order valence-corrected chi connectivity index (χ0v) is 11.3. The number of amides is 1. The van der Waals surface area contributed by atoms with Gasteiger partial charge in [-0.25, -0.2) is 4.79 Å². The van der Waals surface area contributed by atoms with Gasteiger partial charge in [0.1, 0.15) is 11.7 Å². The number of carbonyl (C=O) groups excluding carboxylic acids is 1. The molecule has 1 atom stereocenters. The van der Waals surface area contributed by atoms with Gasteiger partial charge in [0.15, 0.2) is 0 Å². The van der Waals surface area contributed by atoms with E-state index in [0.29, 0.717) is 13.0 Å². The summed E-state index contributed by atoms with van der Waals surface area (Å²) in [4.78, 5) is 29.4. The molecule has 2 heterocycles. The van der Waals surface area contributed by atoms with E-state index in [0.717, 1.165) is 11.1 Å². The highest BCUT2D eigenvalue weighted by Crippen LogP contribution is 2.24. The molecule has 1 aliphatic heterocycles. The molecule has 0 aliphatic carbocycles. The molecule has 1 aromatic carbocycles. The van der Waals surface area contributed by atoms with Gasteiger partial charge in [0, 0.05) is 19.2 Å². The summed E-state index contributed by atoms with van der Waals surface area (Å²) in [7, 11) is 0. The summed E-state index contributed by atoms with van der Waals surface area (Å²) in [6, 6.07) is 11.8. The molecule has 2 aromatic rings. The number of hydrogen-bond acceptors (Lipinski definition) is 3. The summed E-state index contributed by atoms with van der Waals surface area (Å²) in [5.41, 5.74) is 2.23. The van der Waals surface area contributed by atoms with Crippen LogP contribution in [0.4, 0.5) is 0 Å². The molecule has 0 saturated heterocycles. The van der Waals surface area contributed by atoms with E-state index in [1.807, 2.05) is 24.3 Å². The van der Waals surface area contributed by atoms with Crippen molar-refractivity contribution in [1.82, 2.24) is 9.88 Å². The lowest BCUT2D eigenvalue weighted by Crippen LogP contribution is -2.48. The number of nitrogens with zero attached hydrogens (tertiary/aromatic N) is 2. The lowest BCUT2D eigenvalue weighted by Gasteiger charge is -2.34. The fraction of sp³-hybridized carbons (Fsp3) is 0.188. The fourth-order valence-electron chi connectivity index (χ4n) is 2.59. The van der Waals surface area contributed by atoms with Crippen LogP contribution in [-0.2, 0) is 17.8 Å². The Hall–Kier alpha value is -2.69. The second-order valence-corrected chi connectivity index (χ2v) is 4.97. The van der Waals surface area contributed by atoms with Crippen LogP contribution in [0.3, 0.4) is 0 Å². The molecule has 106 valence electrons. The third kappa shape index (κ3) is 2.50.